The van der Waals surface area contributed by atoms with Gasteiger partial charge >= 0.3 is 0 Å². The minimum atomic E-state index is 0.140. The van der Waals surface area contributed by atoms with Crippen LogP contribution < -0.4 is 5.32 Å². The molecule has 0 spiro atoms. The Morgan fingerprint density at radius 3 is 2.24 bits per heavy atom. The fourth-order valence-corrected chi connectivity index (χ4v) is 3.06. The van der Waals surface area contributed by atoms with Crippen molar-refractivity contribution in [3.05, 3.63) is 51.5 Å². The number of nitrogens with zero attached hydrogens (tertiary/aromatic N) is 1. The van der Waals surface area contributed by atoms with Gasteiger partial charge in [0.1, 0.15) is 0 Å². The van der Waals surface area contributed by atoms with Crippen molar-refractivity contribution in [2.45, 2.75) is 59.0 Å². The molecule has 1 aromatic heterocycles. The molecular formula is C18H26N2S. The summed E-state index contributed by atoms with van der Waals surface area (Å²) in [6, 6.07) is 9.38. The first-order valence-corrected chi connectivity index (χ1v) is 8.48. The van der Waals surface area contributed by atoms with E-state index >= 15 is 0 Å². The van der Waals surface area contributed by atoms with Crippen LogP contribution in [0.25, 0.3) is 0 Å². The molecule has 0 saturated heterocycles. The third kappa shape index (κ3) is 4.94. The van der Waals surface area contributed by atoms with Gasteiger partial charge in [-0.2, -0.15) is 0 Å². The van der Waals surface area contributed by atoms with E-state index in [9.17, 15) is 0 Å². The van der Waals surface area contributed by atoms with Gasteiger partial charge in [-0.05, 0) is 11.1 Å². The zero-order chi connectivity index (χ0) is 15.5. The van der Waals surface area contributed by atoms with Crippen molar-refractivity contribution in [3.8, 4) is 0 Å². The number of benzene rings is 1. The minimum Gasteiger partial charge on any atom is -0.310 e. The van der Waals surface area contributed by atoms with Crippen LogP contribution in [-0.4, -0.2) is 11.0 Å². The van der Waals surface area contributed by atoms with Gasteiger partial charge < -0.3 is 5.32 Å². The molecule has 2 nitrogen and oxygen atoms in total. The van der Waals surface area contributed by atoms with Crippen molar-refractivity contribution in [3.63, 3.8) is 0 Å². The van der Waals surface area contributed by atoms with E-state index in [1.807, 2.05) is 0 Å². The van der Waals surface area contributed by atoms with E-state index in [1.165, 1.54) is 21.8 Å². The quantitative estimate of drug-likeness (QED) is 0.877. The van der Waals surface area contributed by atoms with E-state index in [4.69, 9.17) is 4.98 Å². The Kier molecular flexibility index (Phi) is 5.17. The average molecular weight is 302 g/mol. The Balaban J connectivity index is 1.98. The van der Waals surface area contributed by atoms with Gasteiger partial charge in [0.2, 0.25) is 0 Å². The van der Waals surface area contributed by atoms with Crippen molar-refractivity contribution in [1.82, 2.24) is 10.3 Å². The number of thiazole rings is 1. The maximum atomic E-state index is 4.76. The Morgan fingerprint density at radius 2 is 1.71 bits per heavy atom. The largest absolute Gasteiger partial charge is 0.310 e. The lowest BCUT2D eigenvalue weighted by molar-refractivity contribution is 0.571. The molecule has 0 aliphatic heterocycles. The SMILES string of the molecule is CC(C)NCc1ccc(Cc2nc(C(C)(C)C)cs2)cc1. The highest BCUT2D eigenvalue weighted by Crippen LogP contribution is 2.25. The van der Waals surface area contributed by atoms with Gasteiger partial charge in [0, 0.05) is 29.8 Å². The summed E-state index contributed by atoms with van der Waals surface area (Å²) in [6.45, 7) is 11.9. The van der Waals surface area contributed by atoms with Gasteiger partial charge in [-0.1, -0.05) is 58.9 Å². The van der Waals surface area contributed by atoms with E-state index < -0.39 is 0 Å². The van der Waals surface area contributed by atoms with Crippen LogP contribution >= 0.6 is 11.3 Å². The fourth-order valence-electron chi connectivity index (χ4n) is 2.01. The van der Waals surface area contributed by atoms with E-state index in [0.717, 1.165) is 13.0 Å². The van der Waals surface area contributed by atoms with Crippen molar-refractivity contribution in [2.75, 3.05) is 0 Å². The summed E-state index contributed by atoms with van der Waals surface area (Å²) in [5.74, 6) is 0. The molecule has 0 fully saturated rings. The van der Waals surface area contributed by atoms with Crippen LogP contribution in [0.4, 0.5) is 0 Å². The molecule has 114 valence electrons. The molecule has 3 heteroatoms. The maximum Gasteiger partial charge on any atom is 0.0972 e. The molecule has 0 amide bonds. The second kappa shape index (κ2) is 6.71. The van der Waals surface area contributed by atoms with Crippen LogP contribution in [0.5, 0.6) is 0 Å². The molecule has 1 N–H and O–H groups in total. The van der Waals surface area contributed by atoms with Gasteiger partial charge in [0.15, 0.2) is 0 Å². The van der Waals surface area contributed by atoms with Gasteiger partial charge in [-0.3, -0.25) is 0 Å². The lowest BCUT2D eigenvalue weighted by Gasteiger charge is -2.14. The molecule has 2 aromatic rings. The molecule has 21 heavy (non-hydrogen) atoms. The van der Waals surface area contributed by atoms with E-state index in [1.54, 1.807) is 11.3 Å². The summed E-state index contributed by atoms with van der Waals surface area (Å²) in [7, 11) is 0. The molecule has 0 radical (unpaired) electrons. The predicted molar refractivity (Wildman–Crippen MR) is 92.0 cm³/mol. The fraction of sp³-hybridized carbons (Fsp3) is 0.500. The van der Waals surface area contributed by atoms with Crippen LogP contribution in [-0.2, 0) is 18.4 Å². The third-order valence-corrected chi connectivity index (χ3v) is 4.26. The first kappa shape index (κ1) is 16.2. The smallest absolute Gasteiger partial charge is 0.0972 e. The van der Waals surface area contributed by atoms with E-state index in [0.29, 0.717) is 6.04 Å². The summed E-state index contributed by atoms with van der Waals surface area (Å²) in [5.41, 5.74) is 4.00. The molecule has 0 saturated carbocycles. The first-order chi connectivity index (χ1) is 9.84. The minimum absolute atomic E-state index is 0.140. The van der Waals surface area contributed by atoms with Crippen molar-refractivity contribution in [2.24, 2.45) is 0 Å². The number of nitrogens with one attached hydrogen (secondary N) is 1. The lowest BCUT2D eigenvalue weighted by atomic mass is 9.93. The van der Waals surface area contributed by atoms with Gasteiger partial charge in [-0.15, -0.1) is 11.3 Å². The lowest BCUT2D eigenvalue weighted by Crippen LogP contribution is -2.21. The van der Waals surface area contributed by atoms with E-state index in [2.05, 4.69) is 69.6 Å². The monoisotopic (exact) mass is 302 g/mol. The second-order valence-corrected chi connectivity index (χ2v) is 7.85. The van der Waals surface area contributed by atoms with Crippen molar-refractivity contribution >= 4 is 11.3 Å². The number of hydrogen-bond acceptors (Lipinski definition) is 3. The summed E-state index contributed by atoms with van der Waals surface area (Å²) in [5, 5.41) is 6.83. The summed E-state index contributed by atoms with van der Waals surface area (Å²) >= 11 is 1.77. The van der Waals surface area contributed by atoms with Gasteiger partial charge in [0.05, 0.1) is 10.7 Å². The van der Waals surface area contributed by atoms with Crippen molar-refractivity contribution in [1.29, 1.82) is 0 Å². The first-order valence-electron chi connectivity index (χ1n) is 7.60. The highest BCUT2D eigenvalue weighted by atomic mass is 32.1. The zero-order valence-corrected chi connectivity index (χ0v) is 14.6. The predicted octanol–water partition coefficient (Wildman–Crippen LogP) is 4.53. The third-order valence-electron chi connectivity index (χ3n) is 3.41. The van der Waals surface area contributed by atoms with Gasteiger partial charge in [0.25, 0.3) is 0 Å². The standard InChI is InChI=1S/C18H26N2S/c1-13(2)19-11-15-8-6-14(7-9-15)10-17-20-16(12-21-17)18(3,4)5/h6-9,12-13,19H,10-11H2,1-5H3. The van der Waals surface area contributed by atoms with Crippen molar-refractivity contribution < 1.29 is 0 Å². The average Bonchev–Trinajstić information content (AvgIpc) is 2.86. The molecule has 0 unspecified atom stereocenters. The second-order valence-electron chi connectivity index (χ2n) is 6.91. The van der Waals surface area contributed by atoms with Crippen LogP contribution in [0.2, 0.25) is 0 Å². The Morgan fingerprint density at radius 1 is 1.10 bits per heavy atom. The molecule has 0 aliphatic carbocycles. The summed E-state index contributed by atoms with van der Waals surface area (Å²) in [4.78, 5) is 4.76. The zero-order valence-electron chi connectivity index (χ0n) is 13.7. The number of aromatic nitrogens is 1. The molecule has 1 heterocycles. The molecule has 0 bridgehead atoms. The highest BCUT2D eigenvalue weighted by molar-refractivity contribution is 7.09. The Hall–Kier alpha value is -1.19. The molecule has 0 atom stereocenters. The van der Waals surface area contributed by atoms with Crippen LogP contribution in [0, 0.1) is 0 Å². The van der Waals surface area contributed by atoms with Crippen LogP contribution in [0.3, 0.4) is 0 Å². The van der Waals surface area contributed by atoms with Gasteiger partial charge in [-0.25, -0.2) is 4.98 Å². The Bertz CT molecular complexity index is 562. The topological polar surface area (TPSA) is 24.9 Å². The number of rotatable bonds is 5. The van der Waals surface area contributed by atoms with Crippen LogP contribution in [0.15, 0.2) is 29.6 Å². The molecule has 1 aromatic carbocycles. The van der Waals surface area contributed by atoms with Crippen LogP contribution in [0.1, 0.15) is 56.4 Å². The molecule has 0 aliphatic rings. The maximum absolute atomic E-state index is 4.76. The molecular weight excluding hydrogens is 276 g/mol. The normalized spacial score (nSPS) is 12.1. The number of hydrogen-bond donors (Lipinski definition) is 1. The summed E-state index contributed by atoms with van der Waals surface area (Å²) < 4.78 is 0. The van der Waals surface area contributed by atoms with E-state index in [-0.39, 0.29) is 5.41 Å². The summed E-state index contributed by atoms with van der Waals surface area (Å²) in [6.07, 6.45) is 0.929. The molecule has 2 rings (SSSR count). The Labute approximate surface area is 132 Å². The highest BCUT2D eigenvalue weighted by Gasteiger charge is 2.17.